The Morgan fingerprint density at radius 3 is 1.25 bits per heavy atom. The number of fused-ring (bicyclic) bond motifs is 2. The van der Waals surface area contributed by atoms with E-state index in [-0.39, 0.29) is 58.9 Å². The number of amides is 4. The molecule has 28 heavy (non-hydrogen) atoms. The number of hydrogen-bond donors (Lipinski definition) is 0. The van der Waals surface area contributed by atoms with Crippen LogP contribution in [-0.2, 0) is 19.2 Å². The van der Waals surface area contributed by atoms with Gasteiger partial charge >= 0.3 is 0 Å². The van der Waals surface area contributed by atoms with Crippen molar-refractivity contribution in [3.63, 3.8) is 0 Å². The molecule has 4 amide bonds. The van der Waals surface area contributed by atoms with Crippen LogP contribution in [-0.4, -0.2) is 28.6 Å². The van der Waals surface area contributed by atoms with Crippen LogP contribution in [0, 0.1) is 23.7 Å². The highest BCUT2D eigenvalue weighted by molar-refractivity contribution is 6.23. The van der Waals surface area contributed by atoms with Crippen molar-refractivity contribution in [3.8, 4) is 0 Å². The number of carbonyl (C=O) groups is 4. The Kier molecular flexibility index (Phi) is 3.79. The van der Waals surface area contributed by atoms with Gasteiger partial charge in [0.25, 0.3) is 0 Å². The first-order valence-electron chi connectivity index (χ1n) is 9.60. The van der Waals surface area contributed by atoms with Gasteiger partial charge in [0.15, 0.2) is 0 Å². The van der Waals surface area contributed by atoms with Crippen LogP contribution < -0.4 is 9.80 Å². The lowest BCUT2D eigenvalue weighted by Crippen LogP contribution is -2.34. The van der Waals surface area contributed by atoms with Crippen molar-refractivity contribution >= 4 is 35.3 Å². The van der Waals surface area contributed by atoms with Crippen LogP contribution in [0.5, 0.6) is 0 Å². The maximum atomic E-state index is 12.8. The van der Waals surface area contributed by atoms with Crippen LogP contribution >= 0.6 is 0 Å². The topological polar surface area (TPSA) is 87.7 Å². The fourth-order valence-electron chi connectivity index (χ4n) is 4.71. The van der Waals surface area contributed by atoms with Crippen LogP contribution in [0.1, 0.15) is 25.7 Å². The van der Waals surface area contributed by atoms with Crippen molar-refractivity contribution in [3.05, 3.63) is 42.5 Å². The average Bonchev–Trinajstić information content (AvgIpc) is 3.13. The first-order chi connectivity index (χ1) is 13.6. The standard InChI is InChI=1S/C21H19N3O4/c25-18-12-6-1-2-7-13(12)19(26)23(18)16-10-5-11-17(22-16)24-20(27)14-8-3-4-9-15(14)21(24)28/h1-5,10-15H,6-9H2. The molecule has 2 fully saturated rings. The van der Waals surface area contributed by atoms with Crippen molar-refractivity contribution < 1.29 is 19.2 Å². The zero-order chi connectivity index (χ0) is 19.4. The second-order valence-electron chi connectivity index (χ2n) is 7.69. The van der Waals surface area contributed by atoms with Gasteiger partial charge in [-0.05, 0) is 37.8 Å². The van der Waals surface area contributed by atoms with Gasteiger partial charge in [0.05, 0.1) is 23.7 Å². The average molecular weight is 377 g/mol. The Bertz CT molecular complexity index is 841. The van der Waals surface area contributed by atoms with Crippen LogP contribution in [0.15, 0.2) is 42.5 Å². The second-order valence-corrected chi connectivity index (χ2v) is 7.69. The summed E-state index contributed by atoms with van der Waals surface area (Å²) >= 11 is 0. The summed E-state index contributed by atoms with van der Waals surface area (Å²) in [5.74, 6) is -2.12. The van der Waals surface area contributed by atoms with E-state index in [0.29, 0.717) is 25.7 Å². The lowest BCUT2D eigenvalue weighted by atomic mass is 9.85. The Labute approximate surface area is 161 Å². The van der Waals surface area contributed by atoms with Crippen molar-refractivity contribution in [1.29, 1.82) is 0 Å². The van der Waals surface area contributed by atoms with Gasteiger partial charge in [-0.1, -0.05) is 30.4 Å². The molecule has 0 spiro atoms. The van der Waals surface area contributed by atoms with E-state index in [1.54, 1.807) is 18.2 Å². The van der Waals surface area contributed by atoms with Crippen molar-refractivity contribution in [1.82, 2.24) is 4.98 Å². The minimum atomic E-state index is -0.355. The molecule has 1 aromatic rings. The summed E-state index contributed by atoms with van der Waals surface area (Å²) < 4.78 is 0. The summed E-state index contributed by atoms with van der Waals surface area (Å²) in [6.07, 6.45) is 9.90. The zero-order valence-corrected chi connectivity index (χ0v) is 15.2. The molecule has 142 valence electrons. The molecule has 0 saturated carbocycles. The van der Waals surface area contributed by atoms with E-state index in [2.05, 4.69) is 4.98 Å². The SMILES string of the molecule is O=C1C2CC=CCC2C(=O)N1c1cccc(N2C(=O)C3CC=CCC3C2=O)n1. The number of hydrogen-bond acceptors (Lipinski definition) is 5. The molecular formula is C21H19N3O4. The molecule has 4 unspecified atom stereocenters. The van der Waals surface area contributed by atoms with Gasteiger partial charge in [0.1, 0.15) is 11.6 Å². The fourth-order valence-corrected chi connectivity index (χ4v) is 4.71. The van der Waals surface area contributed by atoms with Gasteiger partial charge < -0.3 is 0 Å². The maximum Gasteiger partial charge on any atom is 0.239 e. The number of rotatable bonds is 2. The minimum absolute atomic E-state index is 0.176. The zero-order valence-electron chi connectivity index (χ0n) is 15.2. The lowest BCUT2D eigenvalue weighted by Gasteiger charge is -2.18. The Morgan fingerprint density at radius 1 is 0.607 bits per heavy atom. The van der Waals surface area contributed by atoms with E-state index in [0.717, 1.165) is 9.80 Å². The minimum Gasteiger partial charge on any atom is -0.274 e. The summed E-state index contributed by atoms with van der Waals surface area (Å²) in [4.78, 5) is 57.8. The van der Waals surface area contributed by atoms with Crippen molar-refractivity contribution in [2.45, 2.75) is 25.7 Å². The second kappa shape index (κ2) is 6.22. The first-order valence-corrected chi connectivity index (χ1v) is 9.60. The predicted octanol–water partition coefficient (Wildman–Crippen LogP) is 1.99. The van der Waals surface area contributed by atoms with Crippen LogP contribution in [0.3, 0.4) is 0 Å². The molecule has 0 radical (unpaired) electrons. The van der Waals surface area contributed by atoms with E-state index in [1.807, 2.05) is 24.3 Å². The Morgan fingerprint density at radius 2 is 0.929 bits per heavy atom. The van der Waals surface area contributed by atoms with Gasteiger partial charge in [-0.3, -0.25) is 19.2 Å². The van der Waals surface area contributed by atoms with Crippen LogP contribution in [0.4, 0.5) is 11.6 Å². The number of anilines is 2. The summed E-state index contributed by atoms with van der Waals surface area (Å²) in [6.45, 7) is 0. The largest absolute Gasteiger partial charge is 0.274 e. The quantitative estimate of drug-likeness (QED) is 0.581. The van der Waals surface area contributed by atoms with Gasteiger partial charge in [-0.2, -0.15) is 0 Å². The third kappa shape index (κ3) is 2.32. The summed E-state index contributed by atoms with van der Waals surface area (Å²) in [5.41, 5.74) is 0. The normalized spacial score (nSPS) is 31.6. The fraction of sp³-hybridized carbons (Fsp3) is 0.381. The maximum absolute atomic E-state index is 12.8. The monoisotopic (exact) mass is 377 g/mol. The summed E-state index contributed by atoms with van der Waals surface area (Å²) in [5, 5.41) is 0. The molecule has 1 aromatic heterocycles. The third-order valence-electron chi connectivity index (χ3n) is 6.19. The Hall–Kier alpha value is -3.09. The van der Waals surface area contributed by atoms with Gasteiger partial charge in [-0.25, -0.2) is 14.8 Å². The number of imide groups is 2. The molecule has 0 bridgehead atoms. The predicted molar refractivity (Wildman–Crippen MR) is 99.9 cm³/mol. The number of aromatic nitrogens is 1. The molecule has 2 aliphatic carbocycles. The molecule has 4 aliphatic rings. The smallest absolute Gasteiger partial charge is 0.239 e. The molecule has 2 aliphatic heterocycles. The molecule has 7 nitrogen and oxygen atoms in total. The lowest BCUT2D eigenvalue weighted by molar-refractivity contribution is -0.124. The van der Waals surface area contributed by atoms with E-state index < -0.39 is 0 Å². The highest BCUT2D eigenvalue weighted by atomic mass is 16.2. The molecule has 0 N–H and O–H groups in total. The van der Waals surface area contributed by atoms with Crippen molar-refractivity contribution in [2.75, 3.05) is 9.80 Å². The van der Waals surface area contributed by atoms with Crippen molar-refractivity contribution in [2.24, 2.45) is 23.7 Å². The summed E-state index contributed by atoms with van der Waals surface area (Å²) in [6, 6.07) is 4.77. The molecular weight excluding hydrogens is 358 g/mol. The van der Waals surface area contributed by atoms with E-state index in [1.165, 1.54) is 0 Å². The molecule has 4 atom stereocenters. The van der Waals surface area contributed by atoms with Crippen LogP contribution in [0.2, 0.25) is 0 Å². The van der Waals surface area contributed by atoms with E-state index in [9.17, 15) is 19.2 Å². The van der Waals surface area contributed by atoms with Crippen LogP contribution in [0.25, 0.3) is 0 Å². The third-order valence-corrected chi connectivity index (χ3v) is 6.19. The highest BCUT2D eigenvalue weighted by Crippen LogP contribution is 2.39. The molecule has 0 aromatic carbocycles. The first kappa shape index (κ1) is 17.0. The van der Waals surface area contributed by atoms with E-state index >= 15 is 0 Å². The number of allylic oxidation sites excluding steroid dienone is 4. The number of carbonyl (C=O) groups excluding carboxylic acids is 4. The number of pyridine rings is 1. The van der Waals surface area contributed by atoms with E-state index in [4.69, 9.17) is 0 Å². The van der Waals surface area contributed by atoms with Gasteiger partial charge in [-0.15, -0.1) is 0 Å². The molecule has 7 heteroatoms. The van der Waals surface area contributed by atoms with Gasteiger partial charge in [0.2, 0.25) is 23.6 Å². The molecule has 3 heterocycles. The highest BCUT2D eigenvalue weighted by Gasteiger charge is 2.50. The Balaban J connectivity index is 1.48. The molecule has 2 saturated heterocycles. The number of nitrogens with zero attached hydrogens (tertiary/aromatic N) is 3. The van der Waals surface area contributed by atoms with Gasteiger partial charge in [0, 0.05) is 0 Å². The molecule has 5 rings (SSSR count). The summed E-state index contributed by atoms with van der Waals surface area (Å²) in [7, 11) is 0.